The molecule has 0 spiro atoms. The molecular weight excluding hydrogens is 224 g/mol. The van der Waals surface area contributed by atoms with Crippen LogP contribution >= 0.6 is 0 Å². The van der Waals surface area contributed by atoms with Crippen LogP contribution in [0.1, 0.15) is 71.6 Å². The first-order valence-electron chi connectivity index (χ1n) is 7.64. The molecule has 1 amide bonds. The zero-order valence-electron chi connectivity index (χ0n) is 12.1. The Morgan fingerprint density at radius 2 is 2.00 bits per heavy atom. The molecule has 1 atom stereocenters. The summed E-state index contributed by atoms with van der Waals surface area (Å²) in [6.07, 6.45) is 10.3. The number of rotatable bonds is 7. The van der Waals surface area contributed by atoms with Crippen LogP contribution in [0.5, 0.6) is 0 Å². The highest BCUT2D eigenvalue weighted by atomic mass is 16.1. The lowest BCUT2D eigenvalue weighted by molar-refractivity contribution is -0.124. The minimum Gasteiger partial charge on any atom is -0.356 e. The highest BCUT2D eigenvalue weighted by Gasteiger charge is 2.26. The monoisotopic (exact) mass is 254 g/mol. The van der Waals surface area contributed by atoms with Gasteiger partial charge in [0.25, 0.3) is 0 Å². The van der Waals surface area contributed by atoms with Crippen molar-refractivity contribution >= 4 is 5.91 Å². The Morgan fingerprint density at radius 1 is 1.33 bits per heavy atom. The molecule has 1 aliphatic carbocycles. The van der Waals surface area contributed by atoms with Crippen molar-refractivity contribution < 1.29 is 4.79 Å². The smallest absolute Gasteiger partial charge is 0.222 e. The summed E-state index contributed by atoms with van der Waals surface area (Å²) >= 11 is 0. The fraction of sp³-hybridized carbons (Fsp3) is 0.933. The van der Waals surface area contributed by atoms with E-state index in [1.165, 1.54) is 19.3 Å². The SMILES string of the molecule is CCCC(C)C(=O)NCCCC1(N)CCCCC1. The van der Waals surface area contributed by atoms with Gasteiger partial charge in [0.2, 0.25) is 5.91 Å². The van der Waals surface area contributed by atoms with Crippen molar-refractivity contribution in [2.45, 2.75) is 77.2 Å². The molecule has 106 valence electrons. The number of nitrogens with one attached hydrogen (secondary N) is 1. The highest BCUT2D eigenvalue weighted by Crippen LogP contribution is 2.29. The van der Waals surface area contributed by atoms with Crippen LogP contribution in [0.4, 0.5) is 0 Å². The summed E-state index contributed by atoms with van der Waals surface area (Å²) in [5, 5.41) is 3.03. The van der Waals surface area contributed by atoms with Gasteiger partial charge in [-0.05, 0) is 32.1 Å². The number of carbonyl (C=O) groups is 1. The number of nitrogens with two attached hydrogens (primary N) is 1. The molecule has 3 heteroatoms. The van der Waals surface area contributed by atoms with Crippen molar-refractivity contribution in [3.8, 4) is 0 Å². The van der Waals surface area contributed by atoms with E-state index in [1.807, 2.05) is 6.92 Å². The van der Waals surface area contributed by atoms with Gasteiger partial charge in [-0.3, -0.25) is 4.79 Å². The first-order chi connectivity index (χ1) is 8.57. The summed E-state index contributed by atoms with van der Waals surface area (Å²) in [7, 11) is 0. The van der Waals surface area contributed by atoms with Crippen molar-refractivity contribution in [1.29, 1.82) is 0 Å². The van der Waals surface area contributed by atoms with E-state index in [1.54, 1.807) is 0 Å². The molecule has 0 heterocycles. The van der Waals surface area contributed by atoms with Crippen molar-refractivity contribution in [2.75, 3.05) is 6.54 Å². The third-order valence-corrected chi connectivity index (χ3v) is 4.17. The second-order valence-electron chi connectivity index (χ2n) is 6.01. The van der Waals surface area contributed by atoms with Gasteiger partial charge in [0.1, 0.15) is 0 Å². The summed E-state index contributed by atoms with van der Waals surface area (Å²) in [5.41, 5.74) is 6.42. The van der Waals surface area contributed by atoms with Gasteiger partial charge in [0.15, 0.2) is 0 Å². The molecule has 3 nitrogen and oxygen atoms in total. The molecule has 3 N–H and O–H groups in total. The van der Waals surface area contributed by atoms with Gasteiger partial charge in [0.05, 0.1) is 0 Å². The number of hydrogen-bond donors (Lipinski definition) is 2. The largest absolute Gasteiger partial charge is 0.356 e. The van der Waals surface area contributed by atoms with Crippen LogP contribution in [0, 0.1) is 5.92 Å². The lowest BCUT2D eigenvalue weighted by Crippen LogP contribution is -2.42. The lowest BCUT2D eigenvalue weighted by atomic mass is 9.79. The fourth-order valence-corrected chi connectivity index (χ4v) is 2.90. The number of amides is 1. The minimum absolute atomic E-state index is 0.0536. The Hall–Kier alpha value is -0.570. The molecule has 0 aliphatic heterocycles. The average Bonchev–Trinajstić information content (AvgIpc) is 2.35. The highest BCUT2D eigenvalue weighted by molar-refractivity contribution is 5.78. The van der Waals surface area contributed by atoms with Crippen LogP contribution in [0.2, 0.25) is 0 Å². The van der Waals surface area contributed by atoms with Crippen LogP contribution < -0.4 is 11.1 Å². The minimum atomic E-state index is 0.0536. The zero-order chi connectivity index (χ0) is 13.4. The number of hydrogen-bond acceptors (Lipinski definition) is 2. The van der Waals surface area contributed by atoms with Crippen molar-refractivity contribution in [1.82, 2.24) is 5.32 Å². The molecular formula is C15H30N2O. The van der Waals surface area contributed by atoms with E-state index in [2.05, 4.69) is 12.2 Å². The maximum Gasteiger partial charge on any atom is 0.222 e. The van der Waals surface area contributed by atoms with Gasteiger partial charge in [-0.2, -0.15) is 0 Å². The van der Waals surface area contributed by atoms with Gasteiger partial charge in [-0.15, -0.1) is 0 Å². The molecule has 1 aliphatic rings. The number of carbonyl (C=O) groups excluding carboxylic acids is 1. The van der Waals surface area contributed by atoms with E-state index in [-0.39, 0.29) is 17.4 Å². The Morgan fingerprint density at radius 3 is 2.61 bits per heavy atom. The molecule has 0 aromatic carbocycles. The van der Waals surface area contributed by atoms with E-state index in [4.69, 9.17) is 5.73 Å². The van der Waals surface area contributed by atoms with Gasteiger partial charge in [-0.25, -0.2) is 0 Å². The Balaban J connectivity index is 2.12. The Bertz CT molecular complexity index is 247. The predicted octanol–water partition coefficient (Wildman–Crippen LogP) is 2.98. The summed E-state index contributed by atoms with van der Waals surface area (Å²) in [5.74, 6) is 0.350. The molecule has 0 aromatic heterocycles. The van der Waals surface area contributed by atoms with Crippen LogP contribution in [0.15, 0.2) is 0 Å². The van der Waals surface area contributed by atoms with E-state index in [9.17, 15) is 4.79 Å². The molecule has 0 saturated heterocycles. The maximum atomic E-state index is 11.7. The molecule has 18 heavy (non-hydrogen) atoms. The van der Waals surface area contributed by atoms with Crippen LogP contribution in [-0.2, 0) is 4.79 Å². The van der Waals surface area contributed by atoms with Gasteiger partial charge in [0, 0.05) is 18.0 Å². The van der Waals surface area contributed by atoms with E-state index >= 15 is 0 Å². The lowest BCUT2D eigenvalue weighted by Gasteiger charge is -2.33. The third-order valence-electron chi connectivity index (χ3n) is 4.17. The average molecular weight is 254 g/mol. The molecule has 1 rings (SSSR count). The summed E-state index contributed by atoms with van der Waals surface area (Å²) < 4.78 is 0. The first-order valence-corrected chi connectivity index (χ1v) is 7.64. The Kier molecular flexibility index (Phi) is 6.69. The fourth-order valence-electron chi connectivity index (χ4n) is 2.90. The molecule has 0 bridgehead atoms. The quantitative estimate of drug-likeness (QED) is 0.686. The maximum absolute atomic E-state index is 11.7. The van der Waals surface area contributed by atoms with Crippen LogP contribution in [-0.4, -0.2) is 18.0 Å². The molecule has 1 fully saturated rings. The van der Waals surface area contributed by atoms with E-state index in [0.29, 0.717) is 0 Å². The molecule has 0 radical (unpaired) electrons. The van der Waals surface area contributed by atoms with Gasteiger partial charge >= 0.3 is 0 Å². The zero-order valence-corrected chi connectivity index (χ0v) is 12.1. The van der Waals surface area contributed by atoms with Gasteiger partial charge < -0.3 is 11.1 Å². The summed E-state index contributed by atoms with van der Waals surface area (Å²) in [4.78, 5) is 11.7. The second kappa shape index (κ2) is 7.78. The van der Waals surface area contributed by atoms with E-state index in [0.717, 1.165) is 45.1 Å². The molecule has 1 saturated carbocycles. The Labute approximate surface area is 112 Å². The van der Waals surface area contributed by atoms with Crippen molar-refractivity contribution in [2.24, 2.45) is 11.7 Å². The molecule has 1 unspecified atom stereocenters. The summed E-state index contributed by atoms with van der Waals surface area (Å²) in [6, 6.07) is 0. The standard InChI is InChI=1S/C15H30N2O/c1-3-8-13(2)14(18)17-12-7-11-15(16)9-5-4-6-10-15/h13H,3-12,16H2,1-2H3,(H,17,18). The summed E-state index contributed by atoms with van der Waals surface area (Å²) in [6.45, 7) is 4.90. The van der Waals surface area contributed by atoms with Crippen LogP contribution in [0.3, 0.4) is 0 Å². The predicted molar refractivity (Wildman–Crippen MR) is 76.3 cm³/mol. The van der Waals surface area contributed by atoms with Crippen molar-refractivity contribution in [3.63, 3.8) is 0 Å². The normalized spacial score (nSPS) is 20.4. The first kappa shape index (κ1) is 15.5. The molecule has 0 aromatic rings. The van der Waals surface area contributed by atoms with E-state index < -0.39 is 0 Å². The van der Waals surface area contributed by atoms with Gasteiger partial charge in [-0.1, -0.05) is 39.5 Å². The third kappa shape index (κ3) is 5.38. The second-order valence-corrected chi connectivity index (χ2v) is 6.01. The topological polar surface area (TPSA) is 55.1 Å². The van der Waals surface area contributed by atoms with Crippen LogP contribution in [0.25, 0.3) is 0 Å². The van der Waals surface area contributed by atoms with Crippen molar-refractivity contribution in [3.05, 3.63) is 0 Å².